The van der Waals surface area contributed by atoms with Gasteiger partial charge in [-0.25, -0.2) is 4.68 Å². The van der Waals surface area contributed by atoms with E-state index in [1.807, 2.05) is 51.1 Å². The molecule has 8 nitrogen and oxygen atoms in total. The van der Waals surface area contributed by atoms with Crippen molar-refractivity contribution in [1.82, 2.24) is 14.8 Å². The van der Waals surface area contributed by atoms with Gasteiger partial charge in [-0.05, 0) is 121 Å². The molecule has 0 spiro atoms. The van der Waals surface area contributed by atoms with Gasteiger partial charge in [-0.3, -0.25) is 4.79 Å². The van der Waals surface area contributed by atoms with E-state index < -0.39 is 6.04 Å². The van der Waals surface area contributed by atoms with Gasteiger partial charge in [0, 0.05) is 17.1 Å². The molecule has 0 fully saturated rings. The summed E-state index contributed by atoms with van der Waals surface area (Å²) in [5.41, 5.74) is 9.72. The van der Waals surface area contributed by atoms with Crippen molar-refractivity contribution in [1.29, 1.82) is 0 Å². The predicted molar refractivity (Wildman–Crippen MR) is 190 cm³/mol. The fourth-order valence-corrected chi connectivity index (χ4v) is 7.03. The number of aromatic nitrogens is 3. The molecule has 2 N–H and O–H groups in total. The minimum Gasteiger partial charge on any atom is -0.493 e. The number of ether oxygens (including phenoxy) is 2. The van der Waals surface area contributed by atoms with Gasteiger partial charge in [0.25, 0.3) is 5.91 Å². The first-order valence-corrected chi connectivity index (χ1v) is 17.3. The first-order chi connectivity index (χ1) is 22.0. The number of amides is 1. The summed E-state index contributed by atoms with van der Waals surface area (Å²) >= 11 is 5.38. The maximum atomic E-state index is 14.2. The van der Waals surface area contributed by atoms with Crippen LogP contribution in [-0.4, -0.2) is 33.5 Å². The highest BCUT2D eigenvalue weighted by atomic mass is 79.9. The number of rotatable bonds is 11. The molecule has 242 valence electrons. The van der Waals surface area contributed by atoms with Crippen molar-refractivity contribution in [3.05, 3.63) is 97.2 Å². The molecule has 1 amide bonds. The second kappa shape index (κ2) is 14.3. The van der Waals surface area contributed by atoms with Gasteiger partial charge in [-0.1, -0.05) is 49.4 Å². The Bertz CT molecular complexity index is 1820. The van der Waals surface area contributed by atoms with Crippen LogP contribution in [0.25, 0.3) is 0 Å². The molecule has 1 aliphatic rings. The Morgan fingerprint density at radius 1 is 1.04 bits per heavy atom. The predicted octanol–water partition coefficient (Wildman–Crippen LogP) is 8.99. The number of carbonyl (C=O) groups excluding carboxylic acids is 1. The van der Waals surface area contributed by atoms with Crippen molar-refractivity contribution >= 4 is 45.2 Å². The van der Waals surface area contributed by atoms with E-state index in [1.165, 1.54) is 16.7 Å². The number of hydrogen-bond acceptors (Lipinski definition) is 7. The normalized spacial score (nSPS) is 14.2. The molecular formula is C36H42BrN5O3S. The van der Waals surface area contributed by atoms with Crippen LogP contribution in [0.5, 0.6) is 11.5 Å². The maximum absolute atomic E-state index is 14.2. The summed E-state index contributed by atoms with van der Waals surface area (Å²) in [5.74, 6) is 2.43. The number of nitrogens with one attached hydrogen (secondary N) is 2. The van der Waals surface area contributed by atoms with E-state index in [0.29, 0.717) is 45.0 Å². The van der Waals surface area contributed by atoms with Gasteiger partial charge in [0.2, 0.25) is 11.1 Å². The Labute approximate surface area is 284 Å². The first kappa shape index (κ1) is 33.6. The summed E-state index contributed by atoms with van der Waals surface area (Å²) in [6.45, 7) is 14.8. The van der Waals surface area contributed by atoms with Gasteiger partial charge >= 0.3 is 0 Å². The Kier molecular flexibility index (Phi) is 10.5. The highest BCUT2D eigenvalue weighted by molar-refractivity contribution is 9.10. The van der Waals surface area contributed by atoms with Crippen LogP contribution in [-0.2, 0) is 11.4 Å². The van der Waals surface area contributed by atoms with Gasteiger partial charge in [-0.15, -0.1) is 5.10 Å². The number of nitrogens with zero attached hydrogens (tertiary/aromatic N) is 3. The molecule has 2 heterocycles. The third-order valence-corrected chi connectivity index (χ3v) is 10.1. The molecule has 0 saturated carbocycles. The largest absolute Gasteiger partial charge is 0.493 e. The van der Waals surface area contributed by atoms with Crippen LogP contribution in [0.15, 0.2) is 63.4 Å². The van der Waals surface area contributed by atoms with Crippen molar-refractivity contribution in [2.24, 2.45) is 0 Å². The number of fused-ring (bicyclic) bond motifs is 1. The van der Waals surface area contributed by atoms with Crippen LogP contribution < -0.4 is 20.1 Å². The van der Waals surface area contributed by atoms with Crippen molar-refractivity contribution < 1.29 is 14.3 Å². The quantitative estimate of drug-likeness (QED) is 0.119. The van der Waals surface area contributed by atoms with Gasteiger partial charge in [0.05, 0.1) is 17.2 Å². The molecule has 10 heteroatoms. The van der Waals surface area contributed by atoms with Crippen LogP contribution >= 0.6 is 27.7 Å². The second-order valence-corrected chi connectivity index (χ2v) is 13.7. The molecular weight excluding hydrogens is 662 g/mol. The van der Waals surface area contributed by atoms with E-state index in [4.69, 9.17) is 19.6 Å². The first-order valence-electron chi connectivity index (χ1n) is 15.5. The summed E-state index contributed by atoms with van der Waals surface area (Å²) in [7, 11) is 1.63. The lowest BCUT2D eigenvalue weighted by Crippen LogP contribution is -2.31. The third-order valence-electron chi connectivity index (χ3n) is 8.55. The van der Waals surface area contributed by atoms with E-state index in [0.717, 1.165) is 46.5 Å². The summed E-state index contributed by atoms with van der Waals surface area (Å²) < 4.78 is 14.8. The number of hydrogen-bond donors (Lipinski definition) is 2. The Hall–Kier alpha value is -3.76. The standard InChI is InChI=1S/C36H42BrN5O3S/c1-9-10-14-46-36-40-35-38-25(7)31(34(43)39-29-13-11-12-20(2)24(29)6)32(42(35)41-36)26-17-28(37)33(30(18-26)44-8)45-19-27-16-22(4)21(3)15-23(27)5/h11-13,15-18,32H,9-10,14,19H2,1-8H3,(H,39,43)(H,38,40,41). The number of thioether (sulfide) groups is 1. The number of carbonyl (C=O) groups is 1. The van der Waals surface area contributed by atoms with E-state index in [-0.39, 0.29) is 5.91 Å². The highest BCUT2D eigenvalue weighted by Crippen LogP contribution is 2.44. The van der Waals surface area contributed by atoms with E-state index >= 15 is 0 Å². The van der Waals surface area contributed by atoms with E-state index in [2.05, 4.69) is 66.4 Å². The summed E-state index contributed by atoms with van der Waals surface area (Å²) in [6, 6.07) is 13.6. The Morgan fingerprint density at radius 2 is 1.80 bits per heavy atom. The molecule has 4 aromatic rings. The molecule has 1 atom stereocenters. The van der Waals surface area contributed by atoms with Crippen LogP contribution in [0.2, 0.25) is 0 Å². The number of halogens is 1. The minimum absolute atomic E-state index is 0.217. The Morgan fingerprint density at radius 3 is 2.54 bits per heavy atom. The summed E-state index contributed by atoms with van der Waals surface area (Å²) in [6.07, 6.45) is 2.16. The molecule has 3 aromatic carbocycles. The van der Waals surface area contributed by atoms with Crippen molar-refractivity contribution in [3.63, 3.8) is 0 Å². The monoisotopic (exact) mass is 703 g/mol. The topological polar surface area (TPSA) is 90.3 Å². The molecule has 1 unspecified atom stereocenters. The van der Waals surface area contributed by atoms with Crippen LogP contribution in [0, 0.1) is 34.6 Å². The fourth-order valence-electron chi connectivity index (χ4n) is 5.54. The molecule has 0 radical (unpaired) electrons. The molecule has 0 aliphatic carbocycles. The highest BCUT2D eigenvalue weighted by Gasteiger charge is 2.35. The van der Waals surface area contributed by atoms with Gasteiger partial charge < -0.3 is 20.1 Å². The van der Waals surface area contributed by atoms with Crippen LogP contribution in [0.4, 0.5) is 11.6 Å². The zero-order valence-corrected chi connectivity index (χ0v) is 30.2. The van der Waals surface area contributed by atoms with Crippen LogP contribution in [0.3, 0.4) is 0 Å². The lowest BCUT2D eigenvalue weighted by atomic mass is 9.94. The molecule has 0 saturated heterocycles. The van der Waals surface area contributed by atoms with E-state index in [1.54, 1.807) is 23.6 Å². The number of unbranched alkanes of at least 4 members (excludes halogenated alkanes) is 1. The van der Waals surface area contributed by atoms with Crippen LogP contribution in [0.1, 0.15) is 71.7 Å². The number of allylic oxidation sites excluding steroid dienone is 1. The summed E-state index contributed by atoms with van der Waals surface area (Å²) in [5, 5.41) is 12.1. The number of benzene rings is 3. The van der Waals surface area contributed by atoms with Gasteiger partial charge in [0.15, 0.2) is 11.5 Å². The zero-order valence-electron chi connectivity index (χ0n) is 27.8. The fraction of sp³-hybridized carbons (Fsp3) is 0.361. The minimum atomic E-state index is -0.573. The number of anilines is 2. The van der Waals surface area contributed by atoms with Gasteiger partial charge in [0.1, 0.15) is 12.6 Å². The Balaban J connectivity index is 1.55. The lowest BCUT2D eigenvalue weighted by molar-refractivity contribution is -0.113. The average molecular weight is 705 g/mol. The average Bonchev–Trinajstić information content (AvgIpc) is 3.42. The molecule has 0 bridgehead atoms. The maximum Gasteiger partial charge on any atom is 0.255 e. The number of aryl methyl sites for hydroxylation is 4. The van der Waals surface area contributed by atoms with Crippen molar-refractivity contribution in [2.75, 3.05) is 23.5 Å². The molecule has 46 heavy (non-hydrogen) atoms. The smallest absolute Gasteiger partial charge is 0.255 e. The van der Waals surface area contributed by atoms with Crippen molar-refractivity contribution in [3.8, 4) is 11.5 Å². The summed E-state index contributed by atoms with van der Waals surface area (Å²) in [4.78, 5) is 18.9. The molecule has 5 rings (SSSR count). The zero-order chi connectivity index (χ0) is 33.1. The lowest BCUT2D eigenvalue weighted by Gasteiger charge is -2.29. The SMILES string of the molecule is CCCCSc1nc2n(n1)C(c1cc(Br)c(OCc3cc(C)c(C)cc3C)c(OC)c1)C(C(=O)Nc1cccc(C)c1C)=C(C)N2. The van der Waals surface area contributed by atoms with Crippen molar-refractivity contribution in [2.45, 2.75) is 79.1 Å². The third kappa shape index (κ3) is 6.98. The molecule has 1 aromatic heterocycles. The second-order valence-electron chi connectivity index (χ2n) is 11.8. The number of methoxy groups -OCH3 is 1. The van der Waals surface area contributed by atoms with Gasteiger partial charge in [-0.2, -0.15) is 4.98 Å². The van der Waals surface area contributed by atoms with E-state index in [9.17, 15) is 4.79 Å². The molecule has 1 aliphatic heterocycles.